The van der Waals surface area contributed by atoms with Crippen LogP contribution in [0, 0.1) is 0 Å². The highest BCUT2D eigenvalue weighted by molar-refractivity contribution is 7.80. The van der Waals surface area contributed by atoms with Crippen LogP contribution in [0.4, 0.5) is 4.79 Å². The van der Waals surface area contributed by atoms with Crippen molar-refractivity contribution < 1.29 is 31.6 Å². The maximum absolute atomic E-state index is 12.7. The van der Waals surface area contributed by atoms with E-state index in [0.717, 1.165) is 9.80 Å². The third kappa shape index (κ3) is 3.41. The van der Waals surface area contributed by atoms with E-state index >= 15 is 0 Å². The maximum Gasteiger partial charge on any atom is 0.418 e. The second-order valence-electron chi connectivity index (χ2n) is 6.08. The SMILES string of the molecule is CN(C(=O)c1ccccc1)C(=O)[C@@H]1CCC2CN1C(=O)N2OS(=O)(=O)O. The minimum Gasteiger partial charge on any atom is -0.309 e. The molecule has 26 heavy (non-hydrogen) atoms. The van der Waals surface area contributed by atoms with E-state index in [4.69, 9.17) is 4.55 Å². The molecule has 10 nitrogen and oxygen atoms in total. The number of amides is 4. The fourth-order valence-corrected chi connectivity index (χ4v) is 3.57. The molecule has 140 valence electrons. The van der Waals surface area contributed by atoms with Crippen molar-refractivity contribution >= 4 is 28.2 Å². The summed E-state index contributed by atoms with van der Waals surface area (Å²) >= 11 is 0. The number of hydroxylamine groups is 2. The molecule has 1 aromatic carbocycles. The van der Waals surface area contributed by atoms with Crippen LogP contribution in [0.1, 0.15) is 23.2 Å². The molecular formula is C15H17N3O7S. The molecule has 2 saturated heterocycles. The molecular weight excluding hydrogens is 366 g/mol. The Balaban J connectivity index is 1.75. The topological polar surface area (TPSA) is 125 Å². The van der Waals surface area contributed by atoms with Gasteiger partial charge in [-0.1, -0.05) is 18.2 Å². The van der Waals surface area contributed by atoms with E-state index in [1.807, 2.05) is 0 Å². The number of hydrogen-bond donors (Lipinski definition) is 1. The Morgan fingerprint density at radius 1 is 1.23 bits per heavy atom. The summed E-state index contributed by atoms with van der Waals surface area (Å²) in [5.74, 6) is -1.07. The molecule has 2 aliphatic rings. The third-order valence-corrected chi connectivity index (χ3v) is 4.79. The first-order valence-corrected chi connectivity index (χ1v) is 9.19. The average molecular weight is 383 g/mol. The quantitative estimate of drug-likeness (QED) is 0.585. The predicted octanol–water partition coefficient (Wildman–Crippen LogP) is 0.288. The third-order valence-electron chi connectivity index (χ3n) is 4.44. The lowest BCUT2D eigenvalue weighted by molar-refractivity contribution is -0.132. The number of urea groups is 1. The van der Waals surface area contributed by atoms with E-state index in [9.17, 15) is 22.8 Å². The van der Waals surface area contributed by atoms with Gasteiger partial charge in [-0.15, -0.1) is 4.28 Å². The zero-order chi connectivity index (χ0) is 19.1. The Morgan fingerprint density at radius 3 is 2.50 bits per heavy atom. The van der Waals surface area contributed by atoms with Crippen LogP contribution >= 0.6 is 0 Å². The lowest BCUT2D eigenvalue weighted by Gasteiger charge is -2.31. The summed E-state index contributed by atoms with van der Waals surface area (Å²) < 4.78 is 34.9. The average Bonchev–Trinajstić information content (AvgIpc) is 2.84. The summed E-state index contributed by atoms with van der Waals surface area (Å²) in [6.07, 6.45) is 0.536. The molecule has 2 aliphatic heterocycles. The second-order valence-corrected chi connectivity index (χ2v) is 7.08. The van der Waals surface area contributed by atoms with Crippen LogP contribution in [0.3, 0.4) is 0 Å². The first-order valence-electron chi connectivity index (χ1n) is 7.83. The van der Waals surface area contributed by atoms with E-state index in [2.05, 4.69) is 4.28 Å². The van der Waals surface area contributed by atoms with Crippen LogP contribution in [0.5, 0.6) is 0 Å². The molecule has 0 aromatic heterocycles. The van der Waals surface area contributed by atoms with Crippen molar-refractivity contribution in [1.29, 1.82) is 0 Å². The first kappa shape index (κ1) is 18.3. The zero-order valence-corrected chi connectivity index (χ0v) is 14.6. The van der Waals surface area contributed by atoms with Gasteiger partial charge in [0.25, 0.3) is 11.8 Å². The fourth-order valence-electron chi connectivity index (χ4n) is 3.19. The zero-order valence-electron chi connectivity index (χ0n) is 13.8. The molecule has 2 fully saturated rings. The van der Waals surface area contributed by atoms with Crippen LogP contribution in [0.15, 0.2) is 30.3 Å². The number of imide groups is 1. The van der Waals surface area contributed by atoms with Crippen molar-refractivity contribution in [3.8, 4) is 0 Å². The van der Waals surface area contributed by atoms with E-state index in [1.54, 1.807) is 30.3 Å². The lowest BCUT2D eigenvalue weighted by atomic mass is 9.99. The monoisotopic (exact) mass is 383 g/mol. The van der Waals surface area contributed by atoms with Gasteiger partial charge in [0.2, 0.25) is 0 Å². The number of likely N-dealkylation sites (N-methyl/N-ethyl adjacent to an activating group) is 1. The van der Waals surface area contributed by atoms with Gasteiger partial charge in [-0.2, -0.15) is 13.5 Å². The molecule has 4 amide bonds. The van der Waals surface area contributed by atoms with Crippen molar-refractivity contribution in [1.82, 2.24) is 14.9 Å². The highest BCUT2D eigenvalue weighted by Crippen LogP contribution is 2.31. The molecule has 1 unspecified atom stereocenters. The van der Waals surface area contributed by atoms with Crippen molar-refractivity contribution in [2.24, 2.45) is 0 Å². The van der Waals surface area contributed by atoms with E-state index in [-0.39, 0.29) is 13.0 Å². The molecule has 1 N–H and O–H groups in total. The Labute approximate surface area is 149 Å². The van der Waals surface area contributed by atoms with E-state index < -0.39 is 40.3 Å². The summed E-state index contributed by atoms with van der Waals surface area (Å²) in [5, 5.41) is 0.557. The molecule has 11 heteroatoms. The molecule has 0 spiro atoms. The Hall–Kier alpha value is -2.50. The number of nitrogens with zero attached hydrogens (tertiary/aromatic N) is 3. The summed E-state index contributed by atoms with van der Waals surface area (Å²) in [6.45, 7) is 0.0676. The first-order chi connectivity index (χ1) is 12.2. The van der Waals surface area contributed by atoms with Crippen LogP contribution in [-0.2, 0) is 19.5 Å². The fraction of sp³-hybridized carbons (Fsp3) is 0.400. The van der Waals surface area contributed by atoms with Crippen LogP contribution in [-0.4, -0.2) is 71.4 Å². The number of fused-ring (bicyclic) bond motifs is 2. The summed E-state index contributed by atoms with van der Waals surface area (Å²) in [6, 6.07) is 5.89. The summed E-state index contributed by atoms with van der Waals surface area (Å²) in [5.41, 5.74) is 0.334. The highest BCUT2D eigenvalue weighted by atomic mass is 32.3. The predicted molar refractivity (Wildman–Crippen MR) is 86.9 cm³/mol. The number of carbonyl (C=O) groups excluding carboxylic acids is 3. The number of carbonyl (C=O) groups is 3. The Morgan fingerprint density at radius 2 is 1.88 bits per heavy atom. The van der Waals surface area contributed by atoms with Gasteiger partial charge in [-0.05, 0) is 25.0 Å². The molecule has 0 aliphatic carbocycles. The normalized spacial score (nSPS) is 22.5. The Kier molecular flexibility index (Phi) is 4.69. The summed E-state index contributed by atoms with van der Waals surface area (Å²) in [7, 11) is -3.52. The largest absolute Gasteiger partial charge is 0.418 e. The van der Waals surface area contributed by atoms with Gasteiger partial charge < -0.3 is 4.90 Å². The van der Waals surface area contributed by atoms with Gasteiger partial charge in [0.1, 0.15) is 6.04 Å². The molecule has 0 saturated carbocycles. The maximum atomic E-state index is 12.7. The van der Waals surface area contributed by atoms with Gasteiger partial charge in [0.15, 0.2) is 0 Å². The molecule has 2 atom stereocenters. The molecule has 0 radical (unpaired) electrons. The van der Waals surface area contributed by atoms with Gasteiger partial charge in [-0.25, -0.2) is 4.79 Å². The molecule has 2 bridgehead atoms. The van der Waals surface area contributed by atoms with Gasteiger partial charge in [0, 0.05) is 19.2 Å². The molecule has 2 heterocycles. The molecule has 1 aromatic rings. The van der Waals surface area contributed by atoms with Gasteiger partial charge >= 0.3 is 16.4 Å². The number of rotatable bonds is 4. The number of benzene rings is 1. The van der Waals surface area contributed by atoms with Crippen molar-refractivity contribution in [2.45, 2.75) is 24.9 Å². The number of hydrogen-bond acceptors (Lipinski definition) is 6. The van der Waals surface area contributed by atoms with Crippen molar-refractivity contribution in [3.63, 3.8) is 0 Å². The second kappa shape index (κ2) is 6.67. The lowest BCUT2D eigenvalue weighted by Crippen LogP contribution is -2.51. The standard InChI is InChI=1S/C15H17N3O7S/c1-16(13(19)10-5-3-2-4-6-10)14(20)12-8-7-11-9-17(12)15(21)18(11)25-26(22,23)24/h2-6,11-12H,7-9H2,1H3,(H,22,23,24)/t11?,12-/m0/s1. The minimum atomic E-state index is -4.85. The van der Waals surface area contributed by atoms with Crippen LogP contribution in [0.2, 0.25) is 0 Å². The van der Waals surface area contributed by atoms with Crippen molar-refractivity contribution in [3.05, 3.63) is 35.9 Å². The minimum absolute atomic E-state index is 0.0676. The van der Waals surface area contributed by atoms with Crippen LogP contribution < -0.4 is 0 Å². The number of piperidine rings is 1. The smallest absolute Gasteiger partial charge is 0.309 e. The summed E-state index contributed by atoms with van der Waals surface area (Å²) in [4.78, 5) is 39.6. The van der Waals surface area contributed by atoms with Crippen LogP contribution in [0.25, 0.3) is 0 Å². The van der Waals surface area contributed by atoms with Gasteiger partial charge in [-0.3, -0.25) is 19.0 Å². The highest BCUT2D eigenvalue weighted by Gasteiger charge is 2.50. The molecule has 3 rings (SSSR count). The van der Waals surface area contributed by atoms with E-state index in [0.29, 0.717) is 17.0 Å². The Bertz CT molecular complexity index is 842. The van der Waals surface area contributed by atoms with E-state index in [1.165, 1.54) is 7.05 Å². The van der Waals surface area contributed by atoms with Gasteiger partial charge in [0.05, 0.1) is 6.04 Å². The van der Waals surface area contributed by atoms with Crippen molar-refractivity contribution in [2.75, 3.05) is 13.6 Å².